The van der Waals surface area contributed by atoms with E-state index in [9.17, 15) is 9.90 Å². The summed E-state index contributed by atoms with van der Waals surface area (Å²) in [5.74, 6) is 0.00854. The van der Waals surface area contributed by atoms with E-state index in [1.165, 1.54) is 6.26 Å². The van der Waals surface area contributed by atoms with E-state index in [1.807, 2.05) is 31.2 Å². The second-order valence-corrected chi connectivity index (χ2v) is 5.88. The molecule has 0 bridgehead atoms. The molecule has 3 rings (SSSR count). The molecule has 0 aliphatic heterocycles. The summed E-state index contributed by atoms with van der Waals surface area (Å²) in [6, 6.07) is 12.6. The molecule has 0 radical (unpaired) electrons. The van der Waals surface area contributed by atoms with Crippen LogP contribution in [-0.4, -0.2) is 22.7 Å². The Kier molecular flexibility index (Phi) is 4.22. The number of rotatable bonds is 5. The summed E-state index contributed by atoms with van der Waals surface area (Å²) < 4.78 is 10.3. The van der Waals surface area contributed by atoms with E-state index in [1.54, 1.807) is 25.1 Å². The summed E-state index contributed by atoms with van der Waals surface area (Å²) in [7, 11) is 0. The van der Waals surface area contributed by atoms with Gasteiger partial charge in [0.2, 0.25) is 5.76 Å². The predicted molar refractivity (Wildman–Crippen MR) is 87.3 cm³/mol. The van der Waals surface area contributed by atoms with Gasteiger partial charge in [0.15, 0.2) is 0 Å². The minimum Gasteiger partial charge on any atom is -0.466 e. The van der Waals surface area contributed by atoms with Crippen molar-refractivity contribution in [2.45, 2.75) is 19.4 Å². The highest BCUT2D eigenvalue weighted by Crippen LogP contribution is 2.21. The highest BCUT2D eigenvalue weighted by atomic mass is 16.5. The lowest BCUT2D eigenvalue weighted by Gasteiger charge is -2.20. The summed E-state index contributed by atoms with van der Waals surface area (Å²) in [6.45, 7) is 3.54. The van der Waals surface area contributed by atoms with Crippen molar-refractivity contribution in [3.8, 4) is 11.3 Å². The van der Waals surface area contributed by atoms with Crippen molar-refractivity contribution in [1.82, 2.24) is 10.5 Å². The van der Waals surface area contributed by atoms with Crippen LogP contribution in [0.3, 0.4) is 0 Å². The van der Waals surface area contributed by atoms with Gasteiger partial charge in [-0.1, -0.05) is 35.0 Å². The number of carbonyl (C=O) groups excluding carboxylic acids is 1. The van der Waals surface area contributed by atoms with Crippen molar-refractivity contribution >= 4 is 5.91 Å². The standard InChI is InChI=1S/C18H18N2O4/c1-12-5-7-13(8-6-12)14-10-15(24-20-14)17(21)19-11-18(2,22)16-4-3-9-23-16/h3-10,22H,11H2,1-2H3,(H,19,21). The number of benzene rings is 1. The van der Waals surface area contributed by atoms with Gasteiger partial charge in [0.05, 0.1) is 12.8 Å². The van der Waals surface area contributed by atoms with Crippen molar-refractivity contribution < 1.29 is 18.8 Å². The first kappa shape index (κ1) is 16.0. The van der Waals surface area contributed by atoms with Crippen LogP contribution < -0.4 is 5.32 Å². The van der Waals surface area contributed by atoms with Gasteiger partial charge in [-0.2, -0.15) is 0 Å². The van der Waals surface area contributed by atoms with E-state index >= 15 is 0 Å². The van der Waals surface area contributed by atoms with Crippen molar-refractivity contribution in [1.29, 1.82) is 0 Å². The monoisotopic (exact) mass is 326 g/mol. The molecule has 6 nitrogen and oxygen atoms in total. The van der Waals surface area contributed by atoms with Gasteiger partial charge in [0, 0.05) is 11.6 Å². The zero-order chi connectivity index (χ0) is 17.2. The number of aryl methyl sites for hydroxylation is 1. The summed E-state index contributed by atoms with van der Waals surface area (Å²) in [5.41, 5.74) is 1.28. The first-order valence-corrected chi connectivity index (χ1v) is 7.54. The number of aromatic nitrogens is 1. The number of carbonyl (C=O) groups is 1. The van der Waals surface area contributed by atoms with Crippen LogP contribution in [0.1, 0.15) is 28.8 Å². The van der Waals surface area contributed by atoms with Gasteiger partial charge in [-0.25, -0.2) is 0 Å². The van der Waals surface area contributed by atoms with Gasteiger partial charge in [-0.15, -0.1) is 0 Å². The molecule has 0 saturated carbocycles. The molecule has 1 amide bonds. The Morgan fingerprint density at radius 2 is 2.04 bits per heavy atom. The Morgan fingerprint density at radius 1 is 1.29 bits per heavy atom. The molecule has 0 spiro atoms. The molecule has 0 aliphatic carbocycles. The third-order valence-corrected chi connectivity index (χ3v) is 3.73. The average Bonchev–Trinajstić information content (AvgIpc) is 3.25. The minimum atomic E-state index is -1.31. The smallest absolute Gasteiger partial charge is 0.290 e. The highest BCUT2D eigenvalue weighted by molar-refractivity contribution is 5.92. The lowest BCUT2D eigenvalue weighted by atomic mass is 10.0. The lowest BCUT2D eigenvalue weighted by molar-refractivity contribution is 0.0324. The molecular formula is C18H18N2O4. The second-order valence-electron chi connectivity index (χ2n) is 5.88. The summed E-state index contributed by atoms with van der Waals surface area (Å²) in [4.78, 5) is 12.2. The van der Waals surface area contributed by atoms with Gasteiger partial charge in [-0.05, 0) is 26.0 Å². The second kappa shape index (κ2) is 6.33. The maximum atomic E-state index is 12.2. The summed E-state index contributed by atoms with van der Waals surface area (Å²) in [6.07, 6.45) is 1.47. The SMILES string of the molecule is Cc1ccc(-c2cc(C(=O)NCC(C)(O)c3ccco3)on2)cc1. The third kappa shape index (κ3) is 3.38. The van der Waals surface area contributed by atoms with Gasteiger partial charge in [0.1, 0.15) is 17.1 Å². The van der Waals surface area contributed by atoms with Crippen molar-refractivity contribution in [2.75, 3.05) is 6.54 Å². The molecule has 2 aromatic heterocycles. The molecule has 2 heterocycles. The van der Waals surface area contributed by atoms with Crippen molar-refractivity contribution in [3.05, 3.63) is 65.8 Å². The Bertz CT molecular complexity index is 817. The van der Waals surface area contributed by atoms with E-state index in [0.29, 0.717) is 11.5 Å². The number of aliphatic hydroxyl groups is 1. The minimum absolute atomic E-state index is 0.0140. The van der Waals surface area contributed by atoms with Crippen molar-refractivity contribution in [3.63, 3.8) is 0 Å². The predicted octanol–water partition coefficient (Wildman–Crippen LogP) is 2.88. The quantitative estimate of drug-likeness (QED) is 0.752. The molecule has 1 unspecified atom stereocenters. The largest absolute Gasteiger partial charge is 0.466 e. The fourth-order valence-corrected chi connectivity index (χ4v) is 2.25. The van der Waals surface area contributed by atoms with Crippen LogP contribution in [0.4, 0.5) is 0 Å². The number of amides is 1. The van der Waals surface area contributed by atoms with Crippen LogP contribution >= 0.6 is 0 Å². The normalized spacial score (nSPS) is 13.5. The fourth-order valence-electron chi connectivity index (χ4n) is 2.25. The van der Waals surface area contributed by atoms with E-state index in [-0.39, 0.29) is 12.3 Å². The first-order valence-electron chi connectivity index (χ1n) is 7.54. The molecule has 24 heavy (non-hydrogen) atoms. The number of hydrogen-bond donors (Lipinski definition) is 2. The zero-order valence-corrected chi connectivity index (χ0v) is 13.4. The lowest BCUT2D eigenvalue weighted by Crippen LogP contribution is -2.38. The molecule has 3 aromatic rings. The highest BCUT2D eigenvalue weighted by Gasteiger charge is 2.27. The number of hydrogen-bond acceptors (Lipinski definition) is 5. The van der Waals surface area contributed by atoms with Crippen LogP contribution in [0.25, 0.3) is 11.3 Å². The zero-order valence-electron chi connectivity index (χ0n) is 13.4. The Balaban J connectivity index is 1.67. The Labute approximate surface area is 139 Å². The first-order chi connectivity index (χ1) is 11.5. The maximum Gasteiger partial charge on any atom is 0.290 e. The Morgan fingerprint density at radius 3 is 2.71 bits per heavy atom. The number of nitrogens with one attached hydrogen (secondary N) is 1. The van der Waals surface area contributed by atoms with E-state index in [4.69, 9.17) is 8.94 Å². The van der Waals surface area contributed by atoms with Gasteiger partial charge < -0.3 is 19.4 Å². The van der Waals surface area contributed by atoms with Gasteiger partial charge >= 0.3 is 0 Å². The van der Waals surface area contributed by atoms with Crippen LogP contribution in [0, 0.1) is 6.92 Å². The van der Waals surface area contributed by atoms with Gasteiger partial charge in [0.25, 0.3) is 5.91 Å². The van der Waals surface area contributed by atoms with Gasteiger partial charge in [-0.3, -0.25) is 4.79 Å². The maximum absolute atomic E-state index is 12.2. The van der Waals surface area contributed by atoms with E-state index in [2.05, 4.69) is 10.5 Å². The molecule has 1 atom stereocenters. The number of nitrogens with zero attached hydrogens (tertiary/aromatic N) is 1. The number of furan rings is 1. The van der Waals surface area contributed by atoms with Crippen LogP contribution in [0.5, 0.6) is 0 Å². The molecule has 6 heteroatoms. The molecule has 0 aliphatic rings. The molecule has 0 saturated heterocycles. The molecule has 2 N–H and O–H groups in total. The average molecular weight is 326 g/mol. The molecular weight excluding hydrogens is 308 g/mol. The summed E-state index contributed by atoms with van der Waals surface area (Å²) >= 11 is 0. The third-order valence-electron chi connectivity index (χ3n) is 3.73. The summed E-state index contributed by atoms with van der Waals surface area (Å²) in [5, 5.41) is 16.9. The van der Waals surface area contributed by atoms with Crippen molar-refractivity contribution in [2.24, 2.45) is 0 Å². The molecule has 124 valence electrons. The van der Waals surface area contributed by atoms with Crippen LogP contribution in [-0.2, 0) is 5.60 Å². The Hall–Kier alpha value is -2.86. The van der Waals surface area contributed by atoms with Crippen LogP contribution in [0.2, 0.25) is 0 Å². The van der Waals surface area contributed by atoms with E-state index in [0.717, 1.165) is 11.1 Å². The fraction of sp³-hybridized carbons (Fsp3) is 0.222. The molecule has 1 aromatic carbocycles. The van der Waals surface area contributed by atoms with E-state index < -0.39 is 11.5 Å². The topological polar surface area (TPSA) is 88.5 Å². The van der Waals surface area contributed by atoms with Crippen LogP contribution in [0.15, 0.2) is 57.7 Å². The molecule has 0 fully saturated rings.